The first-order chi connectivity index (χ1) is 26.2. The van der Waals surface area contributed by atoms with E-state index < -0.39 is 11.8 Å². The fraction of sp³-hybridized carbons (Fsp3) is 0.178. The Morgan fingerprint density at radius 3 is 1.22 bits per heavy atom. The van der Waals surface area contributed by atoms with Crippen LogP contribution in [0, 0.1) is 13.8 Å². The molecule has 2 unspecified atom stereocenters. The predicted molar refractivity (Wildman–Crippen MR) is 216 cm³/mol. The van der Waals surface area contributed by atoms with Crippen LogP contribution < -0.4 is 41.9 Å². The van der Waals surface area contributed by atoms with E-state index in [2.05, 4.69) is 0 Å². The zero-order valence-electron chi connectivity index (χ0n) is 30.5. The Bertz CT molecular complexity index is 2030. The highest BCUT2D eigenvalue weighted by atomic mass is 16.5. The highest BCUT2D eigenvalue weighted by molar-refractivity contribution is 5.97. The normalized spacial score (nSPS) is 12.0. The van der Waals surface area contributed by atoms with Gasteiger partial charge in [-0.25, -0.2) is 0 Å². The number of ketones is 1. The summed E-state index contributed by atoms with van der Waals surface area (Å²) in [4.78, 5) is 15.2. The summed E-state index contributed by atoms with van der Waals surface area (Å²) in [6, 6.07) is 41.8. The summed E-state index contributed by atoms with van der Waals surface area (Å²) in [6.45, 7) is 5.30. The lowest BCUT2D eigenvalue weighted by molar-refractivity contribution is -0.120. The van der Waals surface area contributed by atoms with Gasteiger partial charge in [-0.3, -0.25) is 4.79 Å². The lowest BCUT2D eigenvalue weighted by Gasteiger charge is -2.26. The molecule has 6 aromatic carbocycles. The monoisotopic (exact) mass is 722 g/mol. The number of nitrogen functional groups attached to an aromatic ring is 4. The summed E-state index contributed by atoms with van der Waals surface area (Å²) in [5.41, 5.74) is 31.4. The number of hydrogen-bond acceptors (Lipinski definition) is 9. The topological polar surface area (TPSA) is 158 Å². The van der Waals surface area contributed by atoms with Crippen molar-refractivity contribution in [2.24, 2.45) is 0 Å². The number of nitrogens with two attached hydrogens (primary N) is 4. The Hall–Kier alpha value is -6.61. The minimum atomic E-state index is -0.546. The number of benzene rings is 6. The van der Waals surface area contributed by atoms with Crippen LogP contribution >= 0.6 is 0 Å². The van der Waals surface area contributed by atoms with Crippen molar-refractivity contribution < 1.29 is 23.7 Å². The third-order valence-electron chi connectivity index (χ3n) is 9.28. The number of ether oxygens (including phenoxy) is 4. The maximum atomic E-state index is 15.2. The van der Waals surface area contributed by atoms with Crippen LogP contribution in [0.2, 0.25) is 0 Å². The second kappa shape index (κ2) is 17.3. The summed E-state index contributed by atoms with van der Waals surface area (Å²) < 4.78 is 23.5. The van der Waals surface area contributed by atoms with E-state index in [4.69, 9.17) is 41.9 Å². The molecule has 0 aliphatic rings. The standard InChI is InChI=1S/C45H46N4O5/c1-29-7-3-5-9-37(29)43(31-11-17-35(18-12-31)51-23-25-53-41-21-15-33(46)27-39(41)48)45(50)44(38-10-6-4-8-30(38)2)32-13-19-36(20-14-32)52-24-26-54-42-22-16-34(47)28-40(42)49/h3-22,27-28,43-44H,23-26,46-49H2,1-2H3. The van der Waals surface area contributed by atoms with Crippen molar-refractivity contribution in [2.75, 3.05) is 49.4 Å². The summed E-state index contributed by atoms with van der Waals surface area (Å²) in [5, 5.41) is 0. The second-order valence-corrected chi connectivity index (χ2v) is 13.1. The van der Waals surface area contributed by atoms with Crippen LogP contribution in [0.4, 0.5) is 22.7 Å². The van der Waals surface area contributed by atoms with Gasteiger partial charge in [0.15, 0.2) is 5.78 Å². The third-order valence-corrected chi connectivity index (χ3v) is 9.28. The predicted octanol–water partition coefficient (Wildman–Crippen LogP) is 8.08. The van der Waals surface area contributed by atoms with Crippen LogP contribution in [-0.2, 0) is 4.79 Å². The molecular weight excluding hydrogens is 677 g/mol. The Morgan fingerprint density at radius 2 is 0.852 bits per heavy atom. The molecule has 0 radical (unpaired) electrons. The fourth-order valence-corrected chi connectivity index (χ4v) is 6.51. The van der Waals surface area contributed by atoms with Gasteiger partial charge in [-0.05, 0) is 108 Å². The summed E-state index contributed by atoms with van der Waals surface area (Å²) in [6.07, 6.45) is 0. The van der Waals surface area contributed by atoms with Gasteiger partial charge in [0.1, 0.15) is 49.4 Å². The van der Waals surface area contributed by atoms with Crippen molar-refractivity contribution in [3.05, 3.63) is 167 Å². The van der Waals surface area contributed by atoms with Crippen LogP contribution in [0.3, 0.4) is 0 Å². The molecule has 2 atom stereocenters. The lowest BCUT2D eigenvalue weighted by Crippen LogP contribution is -2.24. The zero-order chi connectivity index (χ0) is 38.0. The number of rotatable bonds is 16. The largest absolute Gasteiger partial charge is 0.490 e. The summed E-state index contributed by atoms with van der Waals surface area (Å²) in [7, 11) is 0. The van der Waals surface area contributed by atoms with E-state index in [0.717, 1.165) is 33.4 Å². The second-order valence-electron chi connectivity index (χ2n) is 13.1. The number of anilines is 4. The van der Waals surface area contributed by atoms with Gasteiger partial charge < -0.3 is 41.9 Å². The van der Waals surface area contributed by atoms with Gasteiger partial charge in [-0.15, -0.1) is 0 Å². The van der Waals surface area contributed by atoms with E-state index >= 15 is 4.79 Å². The highest BCUT2D eigenvalue weighted by Gasteiger charge is 2.33. The molecule has 0 amide bonds. The number of aryl methyl sites for hydroxylation is 2. The molecule has 9 heteroatoms. The molecule has 0 spiro atoms. The summed E-state index contributed by atoms with van der Waals surface area (Å²) >= 11 is 0. The zero-order valence-corrected chi connectivity index (χ0v) is 30.5. The lowest BCUT2D eigenvalue weighted by atomic mass is 9.75. The molecule has 0 bridgehead atoms. The first-order valence-corrected chi connectivity index (χ1v) is 17.8. The Kier molecular flexibility index (Phi) is 11.9. The quantitative estimate of drug-likeness (QED) is 0.0573. The van der Waals surface area contributed by atoms with Crippen molar-refractivity contribution >= 4 is 28.5 Å². The first-order valence-electron chi connectivity index (χ1n) is 17.8. The van der Waals surface area contributed by atoms with Crippen molar-refractivity contribution in [1.82, 2.24) is 0 Å². The van der Waals surface area contributed by atoms with Gasteiger partial charge in [0, 0.05) is 11.4 Å². The van der Waals surface area contributed by atoms with Gasteiger partial charge in [0.05, 0.1) is 23.2 Å². The Balaban J connectivity index is 1.21. The molecule has 8 N–H and O–H groups in total. The smallest absolute Gasteiger partial charge is 0.156 e. The van der Waals surface area contributed by atoms with E-state index in [0.29, 0.717) is 72.2 Å². The number of Topliss-reactive ketones (excluding diaryl/α,β-unsaturated/α-hetero) is 1. The van der Waals surface area contributed by atoms with E-state index in [1.807, 2.05) is 111 Å². The van der Waals surface area contributed by atoms with E-state index in [-0.39, 0.29) is 5.78 Å². The number of carbonyl (C=O) groups excluding carboxylic acids is 1. The van der Waals surface area contributed by atoms with Crippen LogP contribution in [0.5, 0.6) is 23.0 Å². The SMILES string of the molecule is Cc1ccccc1C(C(=O)C(c1ccc(OCCOc2ccc(N)cc2N)cc1)c1ccccc1C)c1ccc(OCCOc2ccc(N)cc2N)cc1. The maximum Gasteiger partial charge on any atom is 0.156 e. The highest BCUT2D eigenvalue weighted by Crippen LogP contribution is 2.39. The number of carbonyl (C=O) groups is 1. The minimum absolute atomic E-state index is 0.0601. The average molecular weight is 723 g/mol. The van der Waals surface area contributed by atoms with Crippen LogP contribution in [0.1, 0.15) is 45.2 Å². The summed E-state index contributed by atoms with van der Waals surface area (Å²) in [5.74, 6) is 1.41. The third kappa shape index (κ3) is 9.05. The first kappa shape index (κ1) is 37.2. The fourth-order valence-electron chi connectivity index (χ4n) is 6.51. The molecule has 0 heterocycles. The van der Waals surface area contributed by atoms with Gasteiger partial charge in [-0.1, -0.05) is 72.8 Å². The Morgan fingerprint density at radius 1 is 0.481 bits per heavy atom. The van der Waals surface area contributed by atoms with E-state index in [9.17, 15) is 0 Å². The molecule has 6 aromatic rings. The molecule has 276 valence electrons. The molecular formula is C45H46N4O5. The number of hydrogen-bond donors (Lipinski definition) is 4. The van der Waals surface area contributed by atoms with Gasteiger partial charge in [0.2, 0.25) is 0 Å². The molecule has 0 aromatic heterocycles. The van der Waals surface area contributed by atoms with Gasteiger partial charge >= 0.3 is 0 Å². The molecule has 0 saturated carbocycles. The van der Waals surface area contributed by atoms with E-state index in [1.54, 1.807) is 36.4 Å². The molecule has 54 heavy (non-hydrogen) atoms. The molecule has 9 nitrogen and oxygen atoms in total. The molecule has 0 saturated heterocycles. The Labute approximate surface area is 316 Å². The van der Waals surface area contributed by atoms with Gasteiger partial charge in [-0.2, -0.15) is 0 Å². The van der Waals surface area contributed by atoms with Crippen molar-refractivity contribution in [2.45, 2.75) is 25.7 Å². The van der Waals surface area contributed by atoms with E-state index in [1.165, 1.54) is 0 Å². The van der Waals surface area contributed by atoms with Crippen LogP contribution in [0.15, 0.2) is 133 Å². The maximum absolute atomic E-state index is 15.2. The molecule has 0 aliphatic heterocycles. The molecule has 6 rings (SSSR count). The average Bonchev–Trinajstić information content (AvgIpc) is 3.16. The van der Waals surface area contributed by atoms with Crippen molar-refractivity contribution in [1.29, 1.82) is 0 Å². The van der Waals surface area contributed by atoms with Crippen LogP contribution in [-0.4, -0.2) is 32.2 Å². The van der Waals surface area contributed by atoms with Crippen molar-refractivity contribution in [3.8, 4) is 23.0 Å². The molecule has 0 fully saturated rings. The van der Waals surface area contributed by atoms with Gasteiger partial charge in [0.25, 0.3) is 0 Å². The minimum Gasteiger partial charge on any atom is -0.490 e. The van der Waals surface area contributed by atoms with Crippen LogP contribution in [0.25, 0.3) is 0 Å². The van der Waals surface area contributed by atoms with Crippen molar-refractivity contribution in [3.63, 3.8) is 0 Å². The molecule has 0 aliphatic carbocycles.